The summed E-state index contributed by atoms with van der Waals surface area (Å²) in [5.41, 5.74) is -0.675. The van der Waals surface area contributed by atoms with Gasteiger partial charge in [0, 0.05) is 5.92 Å². The molecule has 0 bridgehead atoms. The zero-order valence-electron chi connectivity index (χ0n) is 12.1. The first kappa shape index (κ1) is 14.7. The Labute approximate surface area is 117 Å². The van der Waals surface area contributed by atoms with Crippen LogP contribution in [0.25, 0.3) is 0 Å². The van der Waals surface area contributed by atoms with E-state index in [1.54, 1.807) is 13.8 Å². The lowest BCUT2D eigenvalue weighted by Crippen LogP contribution is -2.49. The maximum atomic E-state index is 12.2. The highest BCUT2D eigenvalue weighted by molar-refractivity contribution is 5.95. The molecular formula is C14H21N3O3. The van der Waals surface area contributed by atoms with Crippen molar-refractivity contribution in [2.24, 2.45) is 0 Å². The van der Waals surface area contributed by atoms with E-state index in [2.05, 4.69) is 15.3 Å². The van der Waals surface area contributed by atoms with Crippen LogP contribution in [0, 0.1) is 6.92 Å². The first-order valence-electron chi connectivity index (χ1n) is 6.94. The van der Waals surface area contributed by atoms with Crippen LogP contribution in [-0.2, 0) is 0 Å². The van der Waals surface area contributed by atoms with E-state index in [9.17, 15) is 14.7 Å². The number of H-pyrrole nitrogens is 1. The van der Waals surface area contributed by atoms with Gasteiger partial charge in [-0.25, -0.2) is 4.98 Å². The number of aliphatic hydroxyl groups is 1. The molecule has 2 rings (SSSR count). The number of rotatable bonds is 5. The average Bonchev–Trinajstić information content (AvgIpc) is 3.21. The minimum absolute atomic E-state index is 0.0301. The van der Waals surface area contributed by atoms with Gasteiger partial charge >= 0.3 is 0 Å². The third-order valence-electron chi connectivity index (χ3n) is 3.85. The molecule has 1 fully saturated rings. The van der Waals surface area contributed by atoms with E-state index < -0.39 is 17.0 Å². The lowest BCUT2D eigenvalue weighted by atomic mass is 9.99. The standard InChI is InChI=1S/C14H21N3O3/c1-4-14(3,7-18)17-13(20)10-8(2)15-11(9-5-6-9)16-12(10)19/h9,18H,4-7H2,1-3H3,(H,17,20)(H,15,16,19). The largest absolute Gasteiger partial charge is 0.394 e. The molecule has 1 heterocycles. The normalized spacial score (nSPS) is 17.6. The molecule has 0 radical (unpaired) electrons. The average molecular weight is 279 g/mol. The second-order valence-corrected chi connectivity index (χ2v) is 5.71. The van der Waals surface area contributed by atoms with E-state index >= 15 is 0 Å². The lowest BCUT2D eigenvalue weighted by Gasteiger charge is -2.27. The second kappa shape index (κ2) is 5.36. The van der Waals surface area contributed by atoms with Crippen molar-refractivity contribution in [3.63, 3.8) is 0 Å². The van der Waals surface area contributed by atoms with E-state index in [0.29, 0.717) is 23.9 Å². The van der Waals surface area contributed by atoms with Crippen molar-refractivity contribution in [2.45, 2.75) is 51.5 Å². The van der Waals surface area contributed by atoms with Gasteiger partial charge in [0.05, 0.1) is 17.8 Å². The summed E-state index contributed by atoms with van der Waals surface area (Å²) in [6.45, 7) is 5.08. The minimum atomic E-state index is -0.731. The van der Waals surface area contributed by atoms with Gasteiger partial charge in [-0.2, -0.15) is 0 Å². The van der Waals surface area contributed by atoms with Crippen molar-refractivity contribution in [3.05, 3.63) is 27.4 Å². The molecule has 1 amide bonds. The first-order valence-corrected chi connectivity index (χ1v) is 6.94. The monoisotopic (exact) mass is 279 g/mol. The topological polar surface area (TPSA) is 95.1 Å². The highest BCUT2D eigenvalue weighted by Crippen LogP contribution is 2.37. The number of nitrogens with zero attached hydrogens (tertiary/aromatic N) is 1. The van der Waals surface area contributed by atoms with Crippen LogP contribution in [-0.4, -0.2) is 33.1 Å². The summed E-state index contributed by atoms with van der Waals surface area (Å²) in [5, 5.41) is 12.0. The molecular weight excluding hydrogens is 258 g/mol. The van der Waals surface area contributed by atoms with Crippen molar-refractivity contribution < 1.29 is 9.90 Å². The van der Waals surface area contributed by atoms with Crippen molar-refractivity contribution in [3.8, 4) is 0 Å². The van der Waals surface area contributed by atoms with Crippen LogP contribution in [0.2, 0.25) is 0 Å². The zero-order chi connectivity index (χ0) is 14.9. The Morgan fingerprint density at radius 3 is 2.65 bits per heavy atom. The lowest BCUT2D eigenvalue weighted by molar-refractivity contribution is 0.0844. The van der Waals surface area contributed by atoms with Crippen LogP contribution >= 0.6 is 0 Å². The molecule has 1 unspecified atom stereocenters. The summed E-state index contributed by atoms with van der Waals surface area (Å²) in [6, 6.07) is 0. The van der Waals surface area contributed by atoms with Gasteiger partial charge in [-0.15, -0.1) is 0 Å². The van der Waals surface area contributed by atoms with Crippen molar-refractivity contribution in [1.29, 1.82) is 0 Å². The van der Waals surface area contributed by atoms with E-state index in [-0.39, 0.29) is 12.2 Å². The minimum Gasteiger partial charge on any atom is -0.394 e. The first-order chi connectivity index (χ1) is 9.40. The summed E-state index contributed by atoms with van der Waals surface area (Å²) < 4.78 is 0. The highest BCUT2D eigenvalue weighted by Gasteiger charge is 2.30. The molecule has 110 valence electrons. The van der Waals surface area contributed by atoms with E-state index in [4.69, 9.17) is 0 Å². The van der Waals surface area contributed by atoms with E-state index in [1.165, 1.54) is 0 Å². The van der Waals surface area contributed by atoms with Crippen LogP contribution in [0.3, 0.4) is 0 Å². The van der Waals surface area contributed by atoms with Gasteiger partial charge in [0.1, 0.15) is 11.4 Å². The van der Waals surface area contributed by atoms with E-state index in [1.807, 2.05) is 6.92 Å². The third-order valence-corrected chi connectivity index (χ3v) is 3.85. The number of aromatic amines is 1. The van der Waals surface area contributed by atoms with Gasteiger partial charge in [0.15, 0.2) is 0 Å². The molecule has 1 saturated carbocycles. The molecule has 1 aliphatic carbocycles. The van der Waals surface area contributed by atoms with Gasteiger partial charge in [0.2, 0.25) is 0 Å². The van der Waals surface area contributed by atoms with Crippen molar-refractivity contribution in [2.75, 3.05) is 6.61 Å². The molecule has 6 nitrogen and oxygen atoms in total. The maximum absolute atomic E-state index is 12.2. The number of carbonyl (C=O) groups is 1. The molecule has 0 aromatic carbocycles. The summed E-state index contributed by atoms with van der Waals surface area (Å²) in [7, 11) is 0. The summed E-state index contributed by atoms with van der Waals surface area (Å²) in [6.07, 6.45) is 2.64. The number of hydrogen-bond donors (Lipinski definition) is 3. The smallest absolute Gasteiger partial charge is 0.264 e. The van der Waals surface area contributed by atoms with E-state index in [0.717, 1.165) is 12.8 Å². The van der Waals surface area contributed by atoms with Gasteiger partial charge < -0.3 is 15.4 Å². The molecule has 3 N–H and O–H groups in total. The molecule has 1 aliphatic rings. The molecule has 0 saturated heterocycles. The Morgan fingerprint density at radius 2 is 2.20 bits per heavy atom. The number of aliphatic hydroxyl groups excluding tert-OH is 1. The Morgan fingerprint density at radius 1 is 1.55 bits per heavy atom. The fourth-order valence-electron chi connectivity index (χ4n) is 2.00. The molecule has 1 aromatic heterocycles. The Hall–Kier alpha value is -1.69. The summed E-state index contributed by atoms with van der Waals surface area (Å²) in [5.74, 6) is 0.512. The van der Waals surface area contributed by atoms with Crippen LogP contribution in [0.1, 0.15) is 60.9 Å². The van der Waals surface area contributed by atoms with Gasteiger partial charge in [-0.1, -0.05) is 6.92 Å². The van der Waals surface area contributed by atoms with Crippen LogP contribution < -0.4 is 10.9 Å². The van der Waals surface area contributed by atoms with Crippen molar-refractivity contribution in [1.82, 2.24) is 15.3 Å². The predicted octanol–water partition coefficient (Wildman–Crippen LogP) is 0.847. The fraction of sp³-hybridized carbons (Fsp3) is 0.643. The number of carbonyl (C=O) groups excluding carboxylic acids is 1. The molecule has 0 aliphatic heterocycles. The van der Waals surface area contributed by atoms with Crippen LogP contribution in [0.5, 0.6) is 0 Å². The predicted molar refractivity (Wildman–Crippen MR) is 74.8 cm³/mol. The maximum Gasteiger partial charge on any atom is 0.264 e. The molecule has 0 spiro atoms. The third kappa shape index (κ3) is 2.90. The Kier molecular flexibility index (Phi) is 3.94. The Balaban J connectivity index is 2.28. The molecule has 1 aromatic rings. The SMILES string of the molecule is CCC(C)(CO)NC(=O)c1c(C)nc(C2CC2)[nH]c1=O. The van der Waals surface area contributed by atoms with Gasteiger partial charge in [-0.3, -0.25) is 9.59 Å². The molecule has 1 atom stereocenters. The summed E-state index contributed by atoms with van der Waals surface area (Å²) >= 11 is 0. The number of hydrogen-bond acceptors (Lipinski definition) is 4. The van der Waals surface area contributed by atoms with Gasteiger partial charge in [0.25, 0.3) is 11.5 Å². The van der Waals surface area contributed by atoms with Crippen molar-refractivity contribution >= 4 is 5.91 Å². The zero-order valence-corrected chi connectivity index (χ0v) is 12.1. The van der Waals surface area contributed by atoms with Gasteiger partial charge in [-0.05, 0) is 33.1 Å². The highest BCUT2D eigenvalue weighted by atomic mass is 16.3. The second-order valence-electron chi connectivity index (χ2n) is 5.71. The number of aromatic nitrogens is 2. The van der Waals surface area contributed by atoms with Crippen LogP contribution in [0.15, 0.2) is 4.79 Å². The molecule has 20 heavy (non-hydrogen) atoms. The molecule has 6 heteroatoms. The number of nitrogens with one attached hydrogen (secondary N) is 2. The van der Waals surface area contributed by atoms with Crippen LogP contribution in [0.4, 0.5) is 0 Å². The Bertz CT molecular complexity index is 572. The fourth-order valence-corrected chi connectivity index (χ4v) is 2.00. The summed E-state index contributed by atoms with van der Waals surface area (Å²) in [4.78, 5) is 31.3. The number of aryl methyl sites for hydroxylation is 1. The quantitative estimate of drug-likeness (QED) is 0.744. The number of amides is 1.